The molecule has 0 heterocycles. The van der Waals surface area contributed by atoms with Crippen LogP contribution in [0.4, 0.5) is 0 Å². The topological polar surface area (TPSA) is 29.1 Å². The van der Waals surface area contributed by atoms with Gasteiger partial charge in [-0.05, 0) is 35.6 Å². The van der Waals surface area contributed by atoms with Gasteiger partial charge in [-0.1, -0.05) is 62.7 Å². The highest BCUT2D eigenvalue weighted by Crippen LogP contribution is 2.22. The van der Waals surface area contributed by atoms with E-state index in [1.54, 1.807) is 0 Å². The largest absolute Gasteiger partial charge is 0.348 e. The van der Waals surface area contributed by atoms with Crippen molar-refractivity contribution in [1.29, 1.82) is 0 Å². The van der Waals surface area contributed by atoms with Gasteiger partial charge in [0, 0.05) is 12.1 Å². The minimum absolute atomic E-state index is 0.0325. The average molecular weight is 281 g/mol. The number of aryl methyl sites for hydroxylation is 1. The summed E-state index contributed by atoms with van der Waals surface area (Å²) in [6.45, 7) is 9.15. The Kier molecular flexibility index (Phi) is 4.46. The summed E-state index contributed by atoms with van der Waals surface area (Å²) >= 11 is 0. The SMILES string of the molecule is Cc1ccc(C(=O)NCc2ccc(C(C)(C)C)cc2)cc1. The van der Waals surface area contributed by atoms with E-state index in [0.717, 1.165) is 11.1 Å². The van der Waals surface area contributed by atoms with Crippen molar-refractivity contribution in [2.24, 2.45) is 0 Å². The smallest absolute Gasteiger partial charge is 0.251 e. The van der Waals surface area contributed by atoms with Gasteiger partial charge in [0.25, 0.3) is 5.91 Å². The second kappa shape index (κ2) is 6.13. The number of hydrogen-bond acceptors (Lipinski definition) is 1. The van der Waals surface area contributed by atoms with Crippen LogP contribution in [0.25, 0.3) is 0 Å². The Morgan fingerprint density at radius 3 is 2.05 bits per heavy atom. The van der Waals surface area contributed by atoms with Crippen LogP contribution in [-0.4, -0.2) is 5.91 Å². The van der Waals surface area contributed by atoms with Gasteiger partial charge in [-0.15, -0.1) is 0 Å². The van der Waals surface area contributed by atoms with Crippen LogP contribution in [0.2, 0.25) is 0 Å². The summed E-state index contributed by atoms with van der Waals surface area (Å²) in [5.41, 5.74) is 4.43. The zero-order valence-electron chi connectivity index (χ0n) is 13.2. The summed E-state index contributed by atoms with van der Waals surface area (Å²) < 4.78 is 0. The normalized spacial score (nSPS) is 11.2. The minimum atomic E-state index is -0.0325. The Bertz CT molecular complexity index is 604. The first kappa shape index (κ1) is 15.3. The zero-order valence-corrected chi connectivity index (χ0v) is 13.2. The molecule has 0 atom stereocenters. The van der Waals surface area contributed by atoms with Crippen molar-refractivity contribution in [1.82, 2.24) is 5.32 Å². The molecule has 2 heteroatoms. The van der Waals surface area contributed by atoms with Gasteiger partial charge in [-0.25, -0.2) is 0 Å². The summed E-state index contributed by atoms with van der Waals surface area (Å²) in [5, 5.41) is 2.95. The van der Waals surface area contributed by atoms with Crippen molar-refractivity contribution >= 4 is 5.91 Å². The highest BCUT2D eigenvalue weighted by atomic mass is 16.1. The zero-order chi connectivity index (χ0) is 15.5. The molecule has 2 aromatic rings. The summed E-state index contributed by atoms with van der Waals surface area (Å²) in [6, 6.07) is 16.0. The molecule has 0 unspecified atom stereocenters. The predicted octanol–water partition coefficient (Wildman–Crippen LogP) is 4.22. The molecule has 2 nitrogen and oxygen atoms in total. The van der Waals surface area contributed by atoms with Crippen molar-refractivity contribution in [3.05, 3.63) is 70.8 Å². The molecule has 2 rings (SSSR count). The molecule has 0 aliphatic carbocycles. The van der Waals surface area contributed by atoms with Crippen LogP contribution in [0.5, 0.6) is 0 Å². The van der Waals surface area contributed by atoms with Gasteiger partial charge in [0.15, 0.2) is 0 Å². The lowest BCUT2D eigenvalue weighted by atomic mass is 9.87. The molecule has 1 N–H and O–H groups in total. The van der Waals surface area contributed by atoms with E-state index in [9.17, 15) is 4.79 Å². The Hall–Kier alpha value is -2.09. The standard InChI is InChI=1S/C19H23NO/c1-14-5-9-16(10-6-14)18(21)20-13-15-7-11-17(12-8-15)19(2,3)4/h5-12H,13H2,1-4H3,(H,20,21). The molecule has 110 valence electrons. The first-order chi connectivity index (χ1) is 9.86. The summed E-state index contributed by atoms with van der Waals surface area (Å²) in [7, 11) is 0. The molecular weight excluding hydrogens is 258 g/mol. The molecule has 1 amide bonds. The van der Waals surface area contributed by atoms with E-state index in [0.29, 0.717) is 12.1 Å². The molecule has 0 radical (unpaired) electrons. The van der Waals surface area contributed by atoms with Crippen LogP contribution in [0.15, 0.2) is 48.5 Å². The molecule has 0 saturated carbocycles. The van der Waals surface area contributed by atoms with Gasteiger partial charge in [0.2, 0.25) is 0 Å². The highest BCUT2D eigenvalue weighted by Gasteiger charge is 2.12. The van der Waals surface area contributed by atoms with E-state index in [-0.39, 0.29) is 11.3 Å². The number of benzene rings is 2. The van der Waals surface area contributed by atoms with Crippen LogP contribution in [0.1, 0.15) is 47.8 Å². The van der Waals surface area contributed by atoms with Crippen molar-refractivity contribution in [2.45, 2.75) is 39.7 Å². The second-order valence-electron chi connectivity index (χ2n) is 6.50. The van der Waals surface area contributed by atoms with E-state index < -0.39 is 0 Å². The second-order valence-corrected chi connectivity index (χ2v) is 6.50. The van der Waals surface area contributed by atoms with Gasteiger partial charge in [-0.3, -0.25) is 4.79 Å². The van der Waals surface area contributed by atoms with Crippen molar-refractivity contribution in [3.63, 3.8) is 0 Å². The summed E-state index contributed by atoms with van der Waals surface area (Å²) in [4.78, 5) is 12.0. The number of hydrogen-bond donors (Lipinski definition) is 1. The molecule has 21 heavy (non-hydrogen) atoms. The Balaban J connectivity index is 1.97. The number of rotatable bonds is 3. The third-order valence-electron chi connectivity index (χ3n) is 3.59. The van der Waals surface area contributed by atoms with E-state index in [4.69, 9.17) is 0 Å². The third kappa shape index (κ3) is 4.19. The maximum Gasteiger partial charge on any atom is 0.251 e. The Morgan fingerprint density at radius 1 is 0.952 bits per heavy atom. The first-order valence-corrected chi connectivity index (χ1v) is 7.30. The average Bonchev–Trinajstić information content (AvgIpc) is 2.45. The Labute approximate surface area is 127 Å². The van der Waals surface area contributed by atoms with Crippen molar-refractivity contribution < 1.29 is 4.79 Å². The molecule has 0 aromatic heterocycles. The Morgan fingerprint density at radius 2 is 1.52 bits per heavy atom. The monoisotopic (exact) mass is 281 g/mol. The number of amides is 1. The fourth-order valence-corrected chi connectivity index (χ4v) is 2.11. The summed E-state index contributed by atoms with van der Waals surface area (Å²) in [6.07, 6.45) is 0. The molecule has 0 bridgehead atoms. The fourth-order valence-electron chi connectivity index (χ4n) is 2.11. The fraction of sp³-hybridized carbons (Fsp3) is 0.316. The highest BCUT2D eigenvalue weighted by molar-refractivity contribution is 5.94. The van der Waals surface area contributed by atoms with E-state index in [2.05, 4.69) is 50.4 Å². The minimum Gasteiger partial charge on any atom is -0.348 e. The first-order valence-electron chi connectivity index (χ1n) is 7.30. The molecule has 0 saturated heterocycles. The van der Waals surface area contributed by atoms with Crippen LogP contribution in [-0.2, 0) is 12.0 Å². The lowest BCUT2D eigenvalue weighted by Gasteiger charge is -2.19. The molecule has 0 spiro atoms. The lowest BCUT2D eigenvalue weighted by Crippen LogP contribution is -2.22. The molecule has 0 aliphatic rings. The number of nitrogens with one attached hydrogen (secondary N) is 1. The van der Waals surface area contributed by atoms with Crippen LogP contribution < -0.4 is 5.32 Å². The van der Waals surface area contributed by atoms with E-state index >= 15 is 0 Å². The molecular formula is C19H23NO. The quantitative estimate of drug-likeness (QED) is 0.896. The molecule has 0 fully saturated rings. The van der Waals surface area contributed by atoms with E-state index in [1.807, 2.05) is 31.2 Å². The van der Waals surface area contributed by atoms with Crippen LogP contribution in [0, 0.1) is 6.92 Å². The third-order valence-corrected chi connectivity index (χ3v) is 3.59. The summed E-state index contributed by atoms with van der Waals surface area (Å²) in [5.74, 6) is -0.0325. The molecule has 2 aromatic carbocycles. The van der Waals surface area contributed by atoms with Gasteiger partial charge < -0.3 is 5.32 Å². The molecule has 0 aliphatic heterocycles. The lowest BCUT2D eigenvalue weighted by molar-refractivity contribution is 0.0951. The maximum atomic E-state index is 12.0. The van der Waals surface area contributed by atoms with Crippen molar-refractivity contribution in [3.8, 4) is 0 Å². The van der Waals surface area contributed by atoms with Crippen LogP contribution in [0.3, 0.4) is 0 Å². The number of carbonyl (C=O) groups excluding carboxylic acids is 1. The maximum absolute atomic E-state index is 12.0. The van der Waals surface area contributed by atoms with Crippen molar-refractivity contribution in [2.75, 3.05) is 0 Å². The van der Waals surface area contributed by atoms with Gasteiger partial charge in [0.05, 0.1) is 0 Å². The predicted molar refractivity (Wildman–Crippen MR) is 87.5 cm³/mol. The van der Waals surface area contributed by atoms with E-state index in [1.165, 1.54) is 5.56 Å². The van der Waals surface area contributed by atoms with Gasteiger partial charge in [-0.2, -0.15) is 0 Å². The number of carbonyl (C=O) groups is 1. The van der Waals surface area contributed by atoms with Gasteiger partial charge in [0.1, 0.15) is 0 Å². The van der Waals surface area contributed by atoms with Crippen LogP contribution >= 0.6 is 0 Å². The van der Waals surface area contributed by atoms with Gasteiger partial charge >= 0.3 is 0 Å².